The van der Waals surface area contributed by atoms with E-state index in [1.54, 1.807) is 13.8 Å². The third kappa shape index (κ3) is 2.31. The second-order valence-electron chi connectivity index (χ2n) is 3.48. The van der Waals surface area contributed by atoms with Gasteiger partial charge in [0.25, 0.3) is 5.91 Å². The molecule has 0 spiro atoms. The van der Waals surface area contributed by atoms with Crippen molar-refractivity contribution >= 4 is 11.9 Å². The van der Waals surface area contributed by atoms with Gasteiger partial charge in [-0.1, -0.05) is 18.8 Å². The molecule has 0 aliphatic carbocycles. The minimum atomic E-state index is -0.728. The summed E-state index contributed by atoms with van der Waals surface area (Å²) < 4.78 is 1.13. The van der Waals surface area contributed by atoms with Crippen LogP contribution in [0.2, 0.25) is 0 Å². The molecule has 1 rings (SSSR count). The van der Waals surface area contributed by atoms with Crippen molar-refractivity contribution in [3.8, 4) is 0 Å². The first-order valence-corrected chi connectivity index (χ1v) is 4.53. The fraction of sp³-hybridized carbons (Fsp3) is 0.571. The molecule has 16 heavy (non-hydrogen) atoms. The van der Waals surface area contributed by atoms with Crippen molar-refractivity contribution in [1.29, 1.82) is 0 Å². The third-order valence-electron chi connectivity index (χ3n) is 1.99. The molecule has 1 heterocycles. The number of rotatable bonds is 4. The lowest BCUT2D eigenvalue weighted by atomic mass is 10.0. The summed E-state index contributed by atoms with van der Waals surface area (Å²) >= 11 is 0. The Bertz CT molecular complexity index is 401. The van der Waals surface area contributed by atoms with Gasteiger partial charge in [-0.2, -0.15) is 4.68 Å². The van der Waals surface area contributed by atoms with Crippen LogP contribution in [0.1, 0.15) is 19.9 Å². The minimum absolute atomic E-state index is 0.121. The molecule has 0 radical (unpaired) electrons. The summed E-state index contributed by atoms with van der Waals surface area (Å²) in [5.74, 6) is 3.88. The smallest absolute Gasteiger partial charge is 0.390 e. The fourth-order valence-electron chi connectivity index (χ4n) is 1.30. The maximum absolute atomic E-state index is 11.4. The number of nitrogens with zero attached hydrogens (tertiary/aromatic N) is 4. The molecule has 0 fully saturated rings. The second-order valence-corrected chi connectivity index (χ2v) is 3.48. The average Bonchev–Trinajstić information content (AvgIpc) is 2.66. The first-order chi connectivity index (χ1) is 7.47. The van der Waals surface area contributed by atoms with Crippen LogP contribution in [-0.2, 0) is 4.79 Å². The van der Waals surface area contributed by atoms with Crippen molar-refractivity contribution in [2.75, 3.05) is 0 Å². The molecule has 1 amide bonds. The van der Waals surface area contributed by atoms with Crippen LogP contribution in [-0.4, -0.2) is 25.6 Å². The van der Waals surface area contributed by atoms with Crippen LogP contribution in [0.15, 0.2) is 6.33 Å². The van der Waals surface area contributed by atoms with E-state index in [1.807, 2.05) is 5.43 Å². The van der Waals surface area contributed by atoms with Gasteiger partial charge < -0.3 is 10.1 Å². The third-order valence-corrected chi connectivity index (χ3v) is 1.99. The highest BCUT2D eigenvalue weighted by Crippen LogP contribution is 2.17. The summed E-state index contributed by atoms with van der Waals surface area (Å²) in [6.07, 6.45) is 1.14. The fourth-order valence-corrected chi connectivity index (χ4v) is 1.30. The van der Waals surface area contributed by atoms with E-state index in [0.717, 1.165) is 11.0 Å². The van der Waals surface area contributed by atoms with E-state index in [1.165, 1.54) is 0 Å². The Kier molecular flexibility index (Phi) is 3.51. The van der Waals surface area contributed by atoms with Crippen LogP contribution in [0, 0.1) is 16.0 Å². The quantitative estimate of drug-likeness (QED) is 0.305. The molecule has 9 heteroatoms. The van der Waals surface area contributed by atoms with Crippen LogP contribution in [0.5, 0.6) is 0 Å². The zero-order valence-corrected chi connectivity index (χ0v) is 8.82. The van der Waals surface area contributed by atoms with Crippen molar-refractivity contribution in [3.63, 3.8) is 0 Å². The van der Waals surface area contributed by atoms with E-state index >= 15 is 0 Å². The van der Waals surface area contributed by atoms with Gasteiger partial charge in [0.05, 0.1) is 0 Å². The number of nitrogens with two attached hydrogens (primary N) is 1. The van der Waals surface area contributed by atoms with Crippen molar-refractivity contribution in [2.45, 2.75) is 19.9 Å². The molecule has 1 unspecified atom stereocenters. The lowest BCUT2D eigenvalue weighted by molar-refractivity contribution is -0.394. The molecule has 3 N–H and O–H groups in total. The maximum Gasteiger partial charge on any atom is 0.490 e. The highest BCUT2D eigenvalue weighted by atomic mass is 16.6. The van der Waals surface area contributed by atoms with E-state index in [2.05, 4.69) is 10.1 Å². The van der Waals surface area contributed by atoms with Gasteiger partial charge in [-0.25, -0.2) is 5.84 Å². The van der Waals surface area contributed by atoms with E-state index in [0.29, 0.717) is 0 Å². The predicted octanol–water partition coefficient (Wildman–Crippen LogP) is -0.627. The standard InChI is InChI=1S/C7H12N6O3/c1-4(2)5(6(14)10-8)12-3-9-7(11-12)13(15)16/h3-5H,8H2,1-2H3,(H,10,14). The Morgan fingerprint density at radius 2 is 2.31 bits per heavy atom. The summed E-state index contributed by atoms with van der Waals surface area (Å²) in [4.78, 5) is 24.6. The molecule has 0 aromatic carbocycles. The monoisotopic (exact) mass is 228 g/mol. The Hall–Kier alpha value is -2.03. The van der Waals surface area contributed by atoms with Crippen molar-refractivity contribution in [2.24, 2.45) is 11.8 Å². The summed E-state index contributed by atoms with van der Waals surface area (Å²) in [5.41, 5.74) is 1.99. The zero-order valence-electron chi connectivity index (χ0n) is 8.82. The van der Waals surface area contributed by atoms with Crippen molar-refractivity contribution in [3.05, 3.63) is 16.4 Å². The molecule has 1 aromatic rings. The molecule has 88 valence electrons. The Morgan fingerprint density at radius 3 is 2.69 bits per heavy atom. The highest BCUT2D eigenvalue weighted by molar-refractivity contribution is 5.79. The normalized spacial score (nSPS) is 12.5. The number of hydrazine groups is 1. The predicted molar refractivity (Wildman–Crippen MR) is 52.9 cm³/mol. The lowest BCUT2D eigenvalue weighted by Crippen LogP contribution is -2.39. The number of hydrogen-bond donors (Lipinski definition) is 2. The topological polar surface area (TPSA) is 129 Å². The van der Waals surface area contributed by atoms with E-state index in [9.17, 15) is 14.9 Å². The van der Waals surface area contributed by atoms with Crippen molar-refractivity contribution < 1.29 is 9.72 Å². The first-order valence-electron chi connectivity index (χ1n) is 4.53. The van der Waals surface area contributed by atoms with Gasteiger partial charge in [-0.15, -0.1) is 0 Å². The number of aromatic nitrogens is 3. The number of carbonyl (C=O) groups is 1. The number of carbonyl (C=O) groups excluding carboxylic acids is 1. The molecular formula is C7H12N6O3. The van der Waals surface area contributed by atoms with Crippen LogP contribution in [0.4, 0.5) is 5.95 Å². The molecule has 0 aliphatic heterocycles. The van der Waals surface area contributed by atoms with Crippen LogP contribution in [0.3, 0.4) is 0 Å². The van der Waals surface area contributed by atoms with Gasteiger partial charge in [-0.05, 0) is 10.8 Å². The zero-order chi connectivity index (χ0) is 12.3. The van der Waals surface area contributed by atoms with Gasteiger partial charge in [0.15, 0.2) is 6.04 Å². The molecule has 9 nitrogen and oxygen atoms in total. The molecule has 0 saturated carbocycles. The minimum Gasteiger partial charge on any atom is -0.390 e. The average molecular weight is 228 g/mol. The van der Waals surface area contributed by atoms with Gasteiger partial charge in [0.1, 0.15) is 0 Å². The van der Waals surface area contributed by atoms with Crippen LogP contribution >= 0.6 is 0 Å². The van der Waals surface area contributed by atoms with E-state index in [-0.39, 0.29) is 5.92 Å². The number of nitrogens with one attached hydrogen (secondary N) is 1. The van der Waals surface area contributed by atoms with Gasteiger partial charge in [0, 0.05) is 5.10 Å². The second kappa shape index (κ2) is 4.66. The summed E-state index contributed by atoms with van der Waals surface area (Å²) in [5, 5.41) is 14.0. The summed E-state index contributed by atoms with van der Waals surface area (Å²) in [6, 6.07) is -0.716. The SMILES string of the molecule is CC(C)C(C(=O)NN)n1cnc([N+](=O)[O-])n1. The van der Waals surface area contributed by atoms with Crippen LogP contribution in [0.25, 0.3) is 0 Å². The van der Waals surface area contributed by atoms with Gasteiger partial charge in [0.2, 0.25) is 6.33 Å². The number of hydrogen-bond acceptors (Lipinski definition) is 6. The Balaban J connectivity index is 3.02. The summed E-state index contributed by atoms with van der Waals surface area (Å²) in [7, 11) is 0. The maximum atomic E-state index is 11.4. The van der Waals surface area contributed by atoms with Gasteiger partial charge in [-0.3, -0.25) is 10.2 Å². The van der Waals surface area contributed by atoms with E-state index in [4.69, 9.17) is 5.84 Å². The largest absolute Gasteiger partial charge is 0.490 e. The molecule has 0 bridgehead atoms. The number of nitro groups is 1. The summed E-state index contributed by atoms with van der Waals surface area (Å²) in [6.45, 7) is 3.54. The van der Waals surface area contributed by atoms with Crippen molar-refractivity contribution in [1.82, 2.24) is 20.2 Å². The van der Waals surface area contributed by atoms with E-state index < -0.39 is 22.8 Å². The first kappa shape index (κ1) is 12.0. The Labute approximate surface area is 90.8 Å². The lowest BCUT2D eigenvalue weighted by Gasteiger charge is -2.15. The van der Waals surface area contributed by atoms with Crippen LogP contribution < -0.4 is 11.3 Å². The molecule has 1 aromatic heterocycles. The Morgan fingerprint density at radius 1 is 1.69 bits per heavy atom. The molecule has 0 aliphatic rings. The highest BCUT2D eigenvalue weighted by Gasteiger charge is 2.28. The molecule has 0 saturated heterocycles. The van der Waals surface area contributed by atoms with Gasteiger partial charge >= 0.3 is 5.95 Å². The molecule has 1 atom stereocenters. The molecular weight excluding hydrogens is 216 g/mol. The number of amides is 1.